The molecule has 2 aromatic rings. The topological polar surface area (TPSA) is 85.0 Å². The van der Waals surface area contributed by atoms with E-state index in [0.29, 0.717) is 17.9 Å². The van der Waals surface area contributed by atoms with Crippen LogP contribution in [0.3, 0.4) is 0 Å². The Bertz CT molecular complexity index is 636. The fourth-order valence-electron chi connectivity index (χ4n) is 1.99. The normalized spacial score (nSPS) is 10.3. The highest BCUT2D eigenvalue weighted by Gasteiger charge is 2.18. The van der Waals surface area contributed by atoms with Crippen molar-refractivity contribution in [2.75, 3.05) is 17.7 Å². The van der Waals surface area contributed by atoms with E-state index in [0.717, 1.165) is 11.3 Å². The van der Waals surface area contributed by atoms with Crippen LogP contribution in [0.25, 0.3) is 0 Å². The van der Waals surface area contributed by atoms with Gasteiger partial charge in [0.2, 0.25) is 0 Å². The van der Waals surface area contributed by atoms with Gasteiger partial charge in [-0.1, -0.05) is 6.07 Å². The Balaban J connectivity index is 2.25. The molecule has 20 heavy (non-hydrogen) atoms. The van der Waals surface area contributed by atoms with Crippen molar-refractivity contribution in [2.24, 2.45) is 7.05 Å². The number of para-hydroxylation sites is 1. The van der Waals surface area contributed by atoms with E-state index in [1.807, 2.05) is 14.0 Å². The standard InChI is InChI=1S/C13H17N5O2/c1-9-10(8-16-17(9)3)7-15-12-6-4-5-11(14-2)13(12)18(19)20/h4-6,8,14-15H,7H2,1-3H3. The van der Waals surface area contributed by atoms with Crippen LogP contribution >= 0.6 is 0 Å². The van der Waals surface area contributed by atoms with Gasteiger partial charge in [-0.25, -0.2) is 0 Å². The SMILES string of the molecule is CNc1cccc(NCc2cnn(C)c2C)c1[N+](=O)[O-]. The third-order valence-corrected chi connectivity index (χ3v) is 3.29. The molecule has 0 aliphatic rings. The molecule has 7 nitrogen and oxygen atoms in total. The maximum absolute atomic E-state index is 11.2. The Labute approximate surface area is 116 Å². The van der Waals surface area contributed by atoms with Gasteiger partial charge in [-0.05, 0) is 19.1 Å². The molecule has 0 bridgehead atoms. The van der Waals surface area contributed by atoms with Crippen molar-refractivity contribution < 1.29 is 4.92 Å². The lowest BCUT2D eigenvalue weighted by atomic mass is 10.2. The van der Waals surface area contributed by atoms with E-state index in [2.05, 4.69) is 15.7 Å². The number of nitro groups is 1. The maximum Gasteiger partial charge on any atom is 0.315 e. The number of anilines is 2. The van der Waals surface area contributed by atoms with Crippen molar-refractivity contribution in [3.8, 4) is 0 Å². The van der Waals surface area contributed by atoms with Crippen LogP contribution in [0.5, 0.6) is 0 Å². The summed E-state index contributed by atoms with van der Waals surface area (Å²) in [6.45, 7) is 2.45. The van der Waals surface area contributed by atoms with Crippen molar-refractivity contribution in [1.82, 2.24) is 9.78 Å². The number of rotatable bonds is 5. The number of benzene rings is 1. The van der Waals surface area contributed by atoms with Crippen LogP contribution in [0.4, 0.5) is 17.1 Å². The lowest BCUT2D eigenvalue weighted by Gasteiger charge is -2.09. The van der Waals surface area contributed by atoms with Crippen LogP contribution in [0.1, 0.15) is 11.3 Å². The third-order valence-electron chi connectivity index (χ3n) is 3.29. The summed E-state index contributed by atoms with van der Waals surface area (Å²) in [5.74, 6) is 0. The number of aryl methyl sites for hydroxylation is 1. The number of hydrogen-bond acceptors (Lipinski definition) is 5. The molecule has 0 fully saturated rings. The first-order valence-electron chi connectivity index (χ1n) is 6.21. The quantitative estimate of drug-likeness (QED) is 0.646. The van der Waals surface area contributed by atoms with Gasteiger partial charge < -0.3 is 10.6 Å². The average molecular weight is 275 g/mol. The molecule has 1 aromatic carbocycles. The first-order chi connectivity index (χ1) is 9.54. The third kappa shape index (κ3) is 2.56. The van der Waals surface area contributed by atoms with E-state index < -0.39 is 0 Å². The molecular weight excluding hydrogens is 258 g/mol. The zero-order valence-corrected chi connectivity index (χ0v) is 11.7. The summed E-state index contributed by atoms with van der Waals surface area (Å²) in [6, 6.07) is 5.15. The highest BCUT2D eigenvalue weighted by atomic mass is 16.6. The molecule has 0 aliphatic heterocycles. The Hall–Kier alpha value is -2.57. The molecule has 0 radical (unpaired) electrons. The zero-order valence-electron chi connectivity index (χ0n) is 11.7. The second kappa shape index (κ2) is 5.60. The summed E-state index contributed by atoms with van der Waals surface area (Å²) in [5, 5.41) is 21.3. The van der Waals surface area contributed by atoms with Crippen LogP contribution in [-0.2, 0) is 13.6 Å². The van der Waals surface area contributed by atoms with E-state index in [4.69, 9.17) is 0 Å². The number of nitrogens with one attached hydrogen (secondary N) is 2. The number of aromatic nitrogens is 2. The Morgan fingerprint density at radius 3 is 2.65 bits per heavy atom. The first kappa shape index (κ1) is 13.9. The number of hydrogen-bond donors (Lipinski definition) is 2. The van der Waals surface area contributed by atoms with Gasteiger partial charge in [0, 0.05) is 31.9 Å². The van der Waals surface area contributed by atoms with Gasteiger partial charge in [-0.3, -0.25) is 14.8 Å². The summed E-state index contributed by atoms with van der Waals surface area (Å²) < 4.78 is 1.77. The second-order valence-corrected chi connectivity index (χ2v) is 4.44. The van der Waals surface area contributed by atoms with Crippen LogP contribution in [0.15, 0.2) is 24.4 Å². The van der Waals surface area contributed by atoms with Crippen molar-refractivity contribution in [2.45, 2.75) is 13.5 Å². The molecule has 106 valence electrons. The molecule has 0 spiro atoms. The maximum atomic E-state index is 11.2. The lowest BCUT2D eigenvalue weighted by molar-refractivity contribution is -0.383. The van der Waals surface area contributed by atoms with Crippen LogP contribution in [-0.4, -0.2) is 21.8 Å². The molecule has 1 heterocycles. The van der Waals surface area contributed by atoms with Crippen molar-refractivity contribution >= 4 is 17.1 Å². The van der Waals surface area contributed by atoms with E-state index in [-0.39, 0.29) is 10.6 Å². The van der Waals surface area contributed by atoms with E-state index in [1.54, 1.807) is 36.1 Å². The van der Waals surface area contributed by atoms with Crippen LogP contribution in [0.2, 0.25) is 0 Å². The smallest absolute Gasteiger partial charge is 0.315 e. The van der Waals surface area contributed by atoms with Gasteiger partial charge in [0.05, 0.1) is 11.1 Å². The van der Waals surface area contributed by atoms with Gasteiger partial charge in [0.15, 0.2) is 0 Å². The van der Waals surface area contributed by atoms with E-state index in [1.165, 1.54) is 0 Å². The van der Waals surface area contributed by atoms with Gasteiger partial charge in [0.25, 0.3) is 0 Å². The van der Waals surface area contributed by atoms with Crippen molar-refractivity contribution in [1.29, 1.82) is 0 Å². The van der Waals surface area contributed by atoms with Crippen LogP contribution in [0, 0.1) is 17.0 Å². The largest absolute Gasteiger partial charge is 0.382 e. The zero-order chi connectivity index (χ0) is 14.7. The fourth-order valence-corrected chi connectivity index (χ4v) is 1.99. The minimum absolute atomic E-state index is 0.0524. The predicted octanol–water partition coefficient (Wildman–Crippen LogP) is 2.29. The molecule has 0 aliphatic carbocycles. The van der Waals surface area contributed by atoms with Gasteiger partial charge in [0.1, 0.15) is 11.4 Å². The molecule has 0 saturated carbocycles. The molecule has 2 rings (SSSR count). The fraction of sp³-hybridized carbons (Fsp3) is 0.308. The van der Waals surface area contributed by atoms with E-state index >= 15 is 0 Å². The number of nitro benzene ring substituents is 1. The highest BCUT2D eigenvalue weighted by molar-refractivity contribution is 5.76. The highest BCUT2D eigenvalue weighted by Crippen LogP contribution is 2.32. The molecule has 0 atom stereocenters. The molecule has 0 saturated heterocycles. The molecule has 2 N–H and O–H groups in total. The van der Waals surface area contributed by atoms with Gasteiger partial charge >= 0.3 is 5.69 Å². The lowest BCUT2D eigenvalue weighted by Crippen LogP contribution is -2.05. The molecule has 7 heteroatoms. The van der Waals surface area contributed by atoms with Crippen molar-refractivity contribution in [3.05, 3.63) is 45.8 Å². The minimum Gasteiger partial charge on any atom is -0.382 e. The summed E-state index contributed by atoms with van der Waals surface area (Å²) in [5.41, 5.74) is 3.08. The average Bonchev–Trinajstić information content (AvgIpc) is 2.75. The Kier molecular flexibility index (Phi) is 3.88. The van der Waals surface area contributed by atoms with Gasteiger partial charge in [-0.2, -0.15) is 5.10 Å². The molecule has 0 amide bonds. The van der Waals surface area contributed by atoms with Crippen LogP contribution < -0.4 is 10.6 Å². The molecule has 1 aromatic heterocycles. The summed E-state index contributed by atoms with van der Waals surface area (Å²) >= 11 is 0. The van der Waals surface area contributed by atoms with Crippen molar-refractivity contribution in [3.63, 3.8) is 0 Å². The van der Waals surface area contributed by atoms with Gasteiger partial charge in [-0.15, -0.1) is 0 Å². The second-order valence-electron chi connectivity index (χ2n) is 4.44. The molecular formula is C13H17N5O2. The minimum atomic E-state index is -0.385. The number of nitrogens with zero attached hydrogens (tertiary/aromatic N) is 3. The molecule has 0 unspecified atom stereocenters. The monoisotopic (exact) mass is 275 g/mol. The summed E-state index contributed by atoms with van der Waals surface area (Å²) in [6.07, 6.45) is 1.76. The van der Waals surface area contributed by atoms with E-state index in [9.17, 15) is 10.1 Å². The predicted molar refractivity (Wildman–Crippen MR) is 77.9 cm³/mol. The Morgan fingerprint density at radius 2 is 2.10 bits per heavy atom. The summed E-state index contributed by atoms with van der Waals surface area (Å²) in [7, 11) is 3.53. The Morgan fingerprint density at radius 1 is 1.40 bits per heavy atom. The summed E-state index contributed by atoms with van der Waals surface area (Å²) in [4.78, 5) is 10.8. The first-order valence-corrected chi connectivity index (χ1v) is 6.21.